The molecular formula is C8H9F3N2O2. The molecule has 0 aliphatic carbocycles. The molecule has 15 heavy (non-hydrogen) atoms. The van der Waals surface area contributed by atoms with Crippen molar-refractivity contribution in [3.05, 3.63) is 11.9 Å². The van der Waals surface area contributed by atoms with Crippen molar-refractivity contribution in [1.29, 1.82) is 0 Å². The normalized spacial score (nSPS) is 11.5. The predicted octanol–water partition coefficient (Wildman–Crippen LogP) is 1.75. The highest BCUT2D eigenvalue weighted by atomic mass is 19.4. The van der Waals surface area contributed by atoms with Crippen LogP contribution in [0.4, 0.5) is 13.2 Å². The van der Waals surface area contributed by atoms with Gasteiger partial charge < -0.3 is 4.74 Å². The topological polar surface area (TPSA) is 44.1 Å². The van der Waals surface area contributed by atoms with E-state index in [1.807, 2.05) is 0 Å². The zero-order valence-corrected chi connectivity index (χ0v) is 8.13. The van der Waals surface area contributed by atoms with Crippen LogP contribution in [0.25, 0.3) is 0 Å². The molecule has 4 nitrogen and oxygen atoms in total. The van der Waals surface area contributed by atoms with Gasteiger partial charge in [-0.1, -0.05) is 6.92 Å². The highest BCUT2D eigenvalue weighted by Crippen LogP contribution is 2.34. The Morgan fingerprint density at radius 2 is 2.20 bits per heavy atom. The van der Waals surface area contributed by atoms with Crippen molar-refractivity contribution in [1.82, 2.24) is 9.78 Å². The number of hydrogen-bond donors (Lipinski definition) is 0. The lowest BCUT2D eigenvalue weighted by Crippen LogP contribution is -2.12. The molecule has 0 radical (unpaired) electrons. The standard InChI is InChI=1S/C8H9F3N2O2/c1-3-6(14)15-5-4-13(2)12-7(5)8(9,10)11/h4H,3H2,1-2H3. The van der Waals surface area contributed by atoms with E-state index in [0.717, 1.165) is 10.9 Å². The summed E-state index contributed by atoms with van der Waals surface area (Å²) in [7, 11) is 1.32. The number of nitrogens with zero attached hydrogens (tertiary/aromatic N) is 2. The molecule has 0 saturated heterocycles. The van der Waals surface area contributed by atoms with Crippen LogP contribution in [-0.4, -0.2) is 15.7 Å². The number of alkyl halides is 3. The van der Waals surface area contributed by atoms with Gasteiger partial charge in [0, 0.05) is 13.5 Å². The second kappa shape index (κ2) is 3.92. The molecule has 0 amide bonds. The molecule has 0 aliphatic heterocycles. The zero-order valence-electron chi connectivity index (χ0n) is 8.13. The van der Waals surface area contributed by atoms with Crippen LogP contribution in [0.5, 0.6) is 5.75 Å². The Morgan fingerprint density at radius 3 is 2.67 bits per heavy atom. The van der Waals surface area contributed by atoms with Crippen LogP contribution >= 0.6 is 0 Å². The maximum Gasteiger partial charge on any atom is 0.438 e. The van der Waals surface area contributed by atoms with Crippen molar-refractivity contribution in [2.75, 3.05) is 0 Å². The number of aryl methyl sites for hydroxylation is 1. The van der Waals surface area contributed by atoms with Crippen molar-refractivity contribution in [3.8, 4) is 5.75 Å². The zero-order chi connectivity index (χ0) is 11.6. The van der Waals surface area contributed by atoms with Gasteiger partial charge in [-0.25, -0.2) is 0 Å². The van der Waals surface area contributed by atoms with Crippen molar-refractivity contribution < 1.29 is 22.7 Å². The monoisotopic (exact) mass is 222 g/mol. The molecule has 0 bridgehead atoms. The minimum atomic E-state index is -4.62. The van der Waals surface area contributed by atoms with E-state index in [4.69, 9.17) is 0 Å². The summed E-state index contributed by atoms with van der Waals surface area (Å²) in [5, 5.41) is 3.18. The molecular weight excluding hydrogens is 213 g/mol. The first kappa shape index (κ1) is 11.5. The molecule has 0 spiro atoms. The minimum Gasteiger partial charge on any atom is -0.422 e. The quantitative estimate of drug-likeness (QED) is 0.716. The molecule has 1 aromatic heterocycles. The Hall–Kier alpha value is -1.53. The first-order valence-electron chi connectivity index (χ1n) is 4.16. The van der Waals surface area contributed by atoms with Crippen molar-refractivity contribution in [3.63, 3.8) is 0 Å². The Labute approximate surface area is 83.6 Å². The first-order valence-corrected chi connectivity index (χ1v) is 4.16. The molecule has 7 heteroatoms. The molecule has 1 aromatic rings. The van der Waals surface area contributed by atoms with Gasteiger partial charge in [-0.3, -0.25) is 9.48 Å². The third-order valence-corrected chi connectivity index (χ3v) is 1.58. The van der Waals surface area contributed by atoms with Crippen LogP contribution in [0, 0.1) is 0 Å². The van der Waals surface area contributed by atoms with E-state index < -0.39 is 23.6 Å². The van der Waals surface area contributed by atoms with Crippen LogP contribution in [0.3, 0.4) is 0 Å². The Balaban J connectivity index is 3.02. The number of halogens is 3. The summed E-state index contributed by atoms with van der Waals surface area (Å²) in [5.41, 5.74) is -1.19. The van der Waals surface area contributed by atoms with Crippen LogP contribution in [-0.2, 0) is 18.0 Å². The van der Waals surface area contributed by atoms with E-state index in [2.05, 4.69) is 9.84 Å². The Bertz CT molecular complexity index is 370. The average molecular weight is 222 g/mol. The number of esters is 1. The van der Waals surface area contributed by atoms with Gasteiger partial charge in [0.2, 0.25) is 5.69 Å². The van der Waals surface area contributed by atoms with Gasteiger partial charge in [0.15, 0.2) is 5.75 Å². The second-order valence-corrected chi connectivity index (χ2v) is 2.84. The number of carbonyl (C=O) groups excluding carboxylic acids is 1. The predicted molar refractivity (Wildman–Crippen MR) is 44.1 cm³/mol. The highest BCUT2D eigenvalue weighted by Gasteiger charge is 2.38. The maximum absolute atomic E-state index is 12.3. The van der Waals surface area contributed by atoms with E-state index in [1.54, 1.807) is 0 Å². The van der Waals surface area contributed by atoms with Crippen molar-refractivity contribution >= 4 is 5.97 Å². The Morgan fingerprint density at radius 1 is 1.60 bits per heavy atom. The van der Waals surface area contributed by atoms with E-state index in [0.29, 0.717) is 0 Å². The molecule has 0 fully saturated rings. The lowest BCUT2D eigenvalue weighted by molar-refractivity contribution is -0.145. The molecule has 0 atom stereocenters. The van der Waals surface area contributed by atoms with Crippen LogP contribution in [0.15, 0.2) is 6.20 Å². The van der Waals surface area contributed by atoms with Crippen LogP contribution in [0.1, 0.15) is 19.0 Å². The number of rotatable bonds is 2. The molecule has 1 heterocycles. The fourth-order valence-electron chi connectivity index (χ4n) is 0.933. The van der Waals surface area contributed by atoms with Crippen molar-refractivity contribution in [2.45, 2.75) is 19.5 Å². The number of hydrogen-bond acceptors (Lipinski definition) is 3. The van der Waals surface area contributed by atoms with E-state index in [9.17, 15) is 18.0 Å². The summed E-state index contributed by atoms with van der Waals surface area (Å²) in [4.78, 5) is 10.8. The number of aromatic nitrogens is 2. The molecule has 0 saturated carbocycles. The number of carbonyl (C=O) groups is 1. The van der Waals surface area contributed by atoms with Gasteiger partial charge in [-0.05, 0) is 0 Å². The fourth-order valence-corrected chi connectivity index (χ4v) is 0.933. The maximum atomic E-state index is 12.3. The van der Waals surface area contributed by atoms with Gasteiger partial charge in [-0.15, -0.1) is 0 Å². The fraction of sp³-hybridized carbons (Fsp3) is 0.500. The van der Waals surface area contributed by atoms with E-state index >= 15 is 0 Å². The van der Waals surface area contributed by atoms with E-state index in [-0.39, 0.29) is 6.42 Å². The Kier molecular flexibility index (Phi) is 3.01. The average Bonchev–Trinajstić information content (AvgIpc) is 2.45. The third-order valence-electron chi connectivity index (χ3n) is 1.58. The van der Waals surface area contributed by atoms with Crippen LogP contribution < -0.4 is 4.74 Å². The summed E-state index contributed by atoms with van der Waals surface area (Å²) < 4.78 is 42.5. The summed E-state index contributed by atoms with van der Waals surface area (Å²) in [6.45, 7) is 1.49. The minimum absolute atomic E-state index is 0.00614. The largest absolute Gasteiger partial charge is 0.438 e. The van der Waals surface area contributed by atoms with E-state index in [1.165, 1.54) is 14.0 Å². The molecule has 0 unspecified atom stereocenters. The highest BCUT2D eigenvalue weighted by molar-refractivity contribution is 5.72. The SMILES string of the molecule is CCC(=O)Oc1cn(C)nc1C(F)(F)F. The summed E-state index contributed by atoms with van der Waals surface area (Å²) in [5.74, 6) is -1.29. The summed E-state index contributed by atoms with van der Waals surface area (Å²) >= 11 is 0. The molecule has 0 aromatic carbocycles. The lowest BCUT2D eigenvalue weighted by atomic mass is 10.4. The van der Waals surface area contributed by atoms with Gasteiger partial charge in [0.05, 0.1) is 6.20 Å². The molecule has 84 valence electrons. The molecule has 0 aliphatic rings. The summed E-state index contributed by atoms with van der Waals surface area (Å²) in [6, 6.07) is 0. The van der Waals surface area contributed by atoms with Gasteiger partial charge in [-0.2, -0.15) is 18.3 Å². The third kappa shape index (κ3) is 2.71. The number of ether oxygens (including phenoxy) is 1. The summed E-state index contributed by atoms with van der Waals surface area (Å²) in [6.07, 6.45) is -3.60. The van der Waals surface area contributed by atoms with Gasteiger partial charge in [0.25, 0.3) is 0 Å². The van der Waals surface area contributed by atoms with Gasteiger partial charge >= 0.3 is 12.1 Å². The molecule has 0 N–H and O–H groups in total. The van der Waals surface area contributed by atoms with Crippen LogP contribution in [0.2, 0.25) is 0 Å². The lowest BCUT2D eigenvalue weighted by Gasteiger charge is -2.05. The van der Waals surface area contributed by atoms with Crippen molar-refractivity contribution in [2.24, 2.45) is 7.05 Å². The first-order chi connectivity index (χ1) is 6.84. The van der Waals surface area contributed by atoms with Gasteiger partial charge in [0.1, 0.15) is 0 Å². The molecule has 1 rings (SSSR count). The smallest absolute Gasteiger partial charge is 0.422 e. The second-order valence-electron chi connectivity index (χ2n) is 2.84.